The predicted molar refractivity (Wildman–Crippen MR) is 122 cm³/mol. The van der Waals surface area contributed by atoms with Crippen molar-refractivity contribution in [1.29, 1.82) is 0 Å². The second-order valence-corrected chi connectivity index (χ2v) is 8.18. The highest BCUT2D eigenvalue weighted by Gasteiger charge is 2.31. The second kappa shape index (κ2) is 7.82. The maximum atomic E-state index is 6.11. The van der Waals surface area contributed by atoms with Crippen molar-refractivity contribution in [3.05, 3.63) is 106 Å². The SMILES string of the molecule is Clc1ccc([C@@H]2CC(c3ccccc3)=NN2c2nc(-c3ccccc3)cs2)cc1. The molecule has 142 valence electrons. The number of anilines is 1. The molecule has 0 saturated carbocycles. The van der Waals surface area contributed by atoms with Gasteiger partial charge in [-0.25, -0.2) is 9.99 Å². The highest BCUT2D eigenvalue weighted by molar-refractivity contribution is 7.14. The Hall–Kier alpha value is -2.95. The van der Waals surface area contributed by atoms with Gasteiger partial charge < -0.3 is 0 Å². The maximum absolute atomic E-state index is 6.11. The van der Waals surface area contributed by atoms with E-state index in [9.17, 15) is 0 Å². The molecule has 5 heteroatoms. The molecule has 2 heterocycles. The molecular weight excluding hydrogens is 398 g/mol. The van der Waals surface area contributed by atoms with Gasteiger partial charge in [-0.1, -0.05) is 84.4 Å². The smallest absolute Gasteiger partial charge is 0.207 e. The number of benzene rings is 3. The van der Waals surface area contributed by atoms with Crippen LogP contribution >= 0.6 is 22.9 Å². The Bertz CT molecular complexity index is 1140. The van der Waals surface area contributed by atoms with Gasteiger partial charge in [0.05, 0.1) is 17.4 Å². The molecule has 0 fully saturated rings. The summed E-state index contributed by atoms with van der Waals surface area (Å²) >= 11 is 7.74. The topological polar surface area (TPSA) is 28.5 Å². The fraction of sp³-hybridized carbons (Fsp3) is 0.0833. The van der Waals surface area contributed by atoms with E-state index >= 15 is 0 Å². The molecule has 1 aliphatic heterocycles. The number of hydrogen-bond donors (Lipinski definition) is 0. The van der Waals surface area contributed by atoms with E-state index in [1.54, 1.807) is 11.3 Å². The summed E-state index contributed by atoms with van der Waals surface area (Å²) in [5, 5.41) is 10.8. The van der Waals surface area contributed by atoms with Crippen LogP contribution < -0.4 is 5.01 Å². The molecule has 0 spiro atoms. The van der Waals surface area contributed by atoms with E-state index in [4.69, 9.17) is 21.7 Å². The second-order valence-electron chi connectivity index (χ2n) is 6.91. The van der Waals surface area contributed by atoms with Crippen LogP contribution in [0.4, 0.5) is 5.13 Å². The summed E-state index contributed by atoms with van der Waals surface area (Å²) in [5.74, 6) is 0. The lowest BCUT2D eigenvalue weighted by molar-refractivity contribution is 0.706. The Balaban J connectivity index is 1.54. The summed E-state index contributed by atoms with van der Waals surface area (Å²) in [6, 6.07) is 28.7. The first-order chi connectivity index (χ1) is 14.3. The van der Waals surface area contributed by atoms with Gasteiger partial charge in [-0.2, -0.15) is 5.10 Å². The lowest BCUT2D eigenvalue weighted by Crippen LogP contribution is -2.18. The van der Waals surface area contributed by atoms with Crippen LogP contribution in [0.3, 0.4) is 0 Å². The van der Waals surface area contributed by atoms with E-state index in [0.717, 1.165) is 39.1 Å². The van der Waals surface area contributed by atoms with Crippen molar-refractivity contribution in [3.8, 4) is 11.3 Å². The molecule has 0 unspecified atom stereocenters. The molecule has 3 aromatic carbocycles. The van der Waals surface area contributed by atoms with Crippen molar-refractivity contribution in [2.75, 3.05) is 5.01 Å². The van der Waals surface area contributed by atoms with Crippen LogP contribution in [0.1, 0.15) is 23.6 Å². The van der Waals surface area contributed by atoms with E-state index in [-0.39, 0.29) is 6.04 Å². The number of halogens is 1. The fourth-order valence-electron chi connectivity index (χ4n) is 3.55. The van der Waals surface area contributed by atoms with Crippen molar-refractivity contribution in [1.82, 2.24) is 4.98 Å². The molecule has 0 bridgehead atoms. The third-order valence-electron chi connectivity index (χ3n) is 5.03. The molecule has 0 amide bonds. The van der Waals surface area contributed by atoms with Gasteiger partial charge in [-0.15, -0.1) is 11.3 Å². The third-order valence-corrected chi connectivity index (χ3v) is 6.11. The average molecular weight is 416 g/mol. The first-order valence-electron chi connectivity index (χ1n) is 9.46. The molecule has 0 aliphatic carbocycles. The van der Waals surface area contributed by atoms with Gasteiger partial charge in [0.2, 0.25) is 5.13 Å². The maximum Gasteiger partial charge on any atom is 0.207 e. The lowest BCUT2D eigenvalue weighted by Gasteiger charge is -2.21. The van der Waals surface area contributed by atoms with Gasteiger partial charge in [0, 0.05) is 22.4 Å². The Labute approximate surface area is 178 Å². The summed E-state index contributed by atoms with van der Waals surface area (Å²) in [7, 11) is 0. The molecule has 1 aliphatic rings. The zero-order valence-electron chi connectivity index (χ0n) is 15.6. The number of rotatable bonds is 4. The number of hydrogen-bond acceptors (Lipinski definition) is 4. The minimum absolute atomic E-state index is 0.0947. The fourth-order valence-corrected chi connectivity index (χ4v) is 4.51. The minimum atomic E-state index is 0.0947. The Morgan fingerprint density at radius 3 is 2.17 bits per heavy atom. The van der Waals surface area contributed by atoms with Gasteiger partial charge in [-0.3, -0.25) is 0 Å². The Morgan fingerprint density at radius 2 is 1.48 bits per heavy atom. The molecule has 4 aromatic rings. The number of thiazole rings is 1. The van der Waals surface area contributed by atoms with Crippen molar-refractivity contribution >= 4 is 33.8 Å². The van der Waals surface area contributed by atoms with Gasteiger partial charge in [0.15, 0.2) is 0 Å². The van der Waals surface area contributed by atoms with Gasteiger partial charge >= 0.3 is 0 Å². The molecule has 1 aromatic heterocycles. The first-order valence-corrected chi connectivity index (χ1v) is 10.7. The monoisotopic (exact) mass is 415 g/mol. The van der Waals surface area contributed by atoms with Crippen molar-refractivity contribution < 1.29 is 0 Å². The molecule has 0 N–H and O–H groups in total. The van der Waals surface area contributed by atoms with Gasteiger partial charge in [0.1, 0.15) is 0 Å². The summed E-state index contributed by atoms with van der Waals surface area (Å²) in [5.41, 5.74) is 5.49. The van der Waals surface area contributed by atoms with Crippen LogP contribution in [0.5, 0.6) is 0 Å². The van der Waals surface area contributed by atoms with E-state index in [2.05, 4.69) is 58.9 Å². The van der Waals surface area contributed by atoms with E-state index in [0.29, 0.717) is 0 Å². The normalized spacial score (nSPS) is 16.1. The van der Waals surface area contributed by atoms with Crippen LogP contribution in [0.2, 0.25) is 5.02 Å². The van der Waals surface area contributed by atoms with Gasteiger partial charge in [0.25, 0.3) is 0 Å². The lowest BCUT2D eigenvalue weighted by atomic mass is 9.99. The van der Waals surface area contributed by atoms with Crippen LogP contribution in [0.25, 0.3) is 11.3 Å². The highest BCUT2D eigenvalue weighted by atomic mass is 35.5. The molecule has 5 rings (SSSR count). The third kappa shape index (κ3) is 3.69. The van der Waals surface area contributed by atoms with E-state index < -0.39 is 0 Å². The van der Waals surface area contributed by atoms with Crippen molar-refractivity contribution in [2.24, 2.45) is 5.10 Å². The zero-order chi connectivity index (χ0) is 19.6. The molecule has 0 radical (unpaired) electrons. The molecule has 1 atom stereocenters. The van der Waals surface area contributed by atoms with Crippen LogP contribution in [0.15, 0.2) is 95.4 Å². The van der Waals surface area contributed by atoms with E-state index in [1.165, 1.54) is 5.56 Å². The van der Waals surface area contributed by atoms with E-state index in [1.807, 2.05) is 36.4 Å². The number of hydrazone groups is 1. The van der Waals surface area contributed by atoms with Gasteiger partial charge in [-0.05, 0) is 23.3 Å². The summed E-state index contributed by atoms with van der Waals surface area (Å²) in [4.78, 5) is 4.90. The molecular formula is C24H18ClN3S. The van der Waals surface area contributed by atoms with Crippen molar-refractivity contribution in [2.45, 2.75) is 12.5 Å². The summed E-state index contributed by atoms with van der Waals surface area (Å²) < 4.78 is 0. The minimum Gasteiger partial charge on any atom is -0.231 e. The Kier molecular flexibility index (Phi) is 4.88. The average Bonchev–Trinajstić information content (AvgIpc) is 3.43. The zero-order valence-corrected chi connectivity index (χ0v) is 17.1. The predicted octanol–water partition coefficient (Wildman–Crippen LogP) is 6.82. The standard InChI is InChI=1S/C24H18ClN3S/c25-20-13-11-19(12-14-20)23-15-21(17-7-3-1-4-8-17)27-28(23)24-26-22(16-29-24)18-9-5-2-6-10-18/h1-14,16,23H,15H2/t23-/m0/s1. The first kappa shape index (κ1) is 18.1. The Morgan fingerprint density at radius 1 is 0.828 bits per heavy atom. The molecule has 29 heavy (non-hydrogen) atoms. The highest BCUT2D eigenvalue weighted by Crippen LogP contribution is 2.39. The van der Waals surface area contributed by atoms with Crippen LogP contribution in [-0.2, 0) is 0 Å². The van der Waals surface area contributed by atoms with Crippen LogP contribution in [0, 0.1) is 0 Å². The summed E-state index contributed by atoms with van der Waals surface area (Å²) in [6.45, 7) is 0. The quantitative estimate of drug-likeness (QED) is 0.366. The number of nitrogens with zero attached hydrogens (tertiary/aromatic N) is 3. The largest absolute Gasteiger partial charge is 0.231 e. The van der Waals surface area contributed by atoms with Crippen molar-refractivity contribution in [3.63, 3.8) is 0 Å². The molecule has 0 saturated heterocycles. The van der Waals surface area contributed by atoms with Crippen LogP contribution in [-0.4, -0.2) is 10.7 Å². The summed E-state index contributed by atoms with van der Waals surface area (Å²) in [6.07, 6.45) is 0.825. The molecule has 3 nitrogen and oxygen atoms in total. The number of aromatic nitrogens is 1.